The molecule has 2 amide bonds. The maximum absolute atomic E-state index is 13.8. The topological polar surface area (TPSA) is 59.1 Å². The largest absolute Gasteiger partial charge is 0.493 e. The molecule has 0 aliphatic carbocycles. The highest BCUT2D eigenvalue weighted by atomic mass is 32.1. The van der Waals surface area contributed by atoms with E-state index < -0.39 is 5.82 Å². The summed E-state index contributed by atoms with van der Waals surface area (Å²) < 4.78 is 25.3. The molecule has 0 saturated carbocycles. The van der Waals surface area contributed by atoms with Crippen molar-refractivity contribution in [1.29, 1.82) is 0 Å². The number of hydrogen-bond acceptors (Lipinski definition) is 5. The molecule has 0 spiro atoms. The average Bonchev–Trinajstić information content (AvgIpc) is 3.38. The van der Waals surface area contributed by atoms with Gasteiger partial charge in [-0.2, -0.15) is 0 Å². The number of rotatable bonds is 9. The van der Waals surface area contributed by atoms with E-state index in [2.05, 4.69) is 0 Å². The number of methoxy groups -OCH3 is 1. The van der Waals surface area contributed by atoms with Gasteiger partial charge in [-0.15, -0.1) is 11.3 Å². The van der Waals surface area contributed by atoms with Gasteiger partial charge in [0.1, 0.15) is 19.0 Å². The van der Waals surface area contributed by atoms with Gasteiger partial charge in [-0.1, -0.05) is 25.1 Å². The summed E-state index contributed by atoms with van der Waals surface area (Å²) >= 11 is 1.68. The molecule has 4 rings (SSSR count). The van der Waals surface area contributed by atoms with Crippen molar-refractivity contribution in [2.24, 2.45) is 0 Å². The number of hydrogen-bond donors (Lipinski definition) is 0. The van der Waals surface area contributed by atoms with E-state index in [9.17, 15) is 14.0 Å². The van der Waals surface area contributed by atoms with E-state index >= 15 is 0 Å². The van der Waals surface area contributed by atoms with Crippen LogP contribution >= 0.6 is 11.3 Å². The number of fused-ring (bicyclic) bond motifs is 1. The van der Waals surface area contributed by atoms with E-state index in [1.807, 2.05) is 49.6 Å². The summed E-state index contributed by atoms with van der Waals surface area (Å²) in [6.45, 7) is 4.57. The lowest BCUT2D eigenvalue weighted by Gasteiger charge is -2.38. The highest BCUT2D eigenvalue weighted by Crippen LogP contribution is 2.35. The Kier molecular flexibility index (Phi) is 8.25. The van der Waals surface area contributed by atoms with Gasteiger partial charge in [0, 0.05) is 23.0 Å². The molecule has 1 aromatic heterocycles. The zero-order valence-electron chi connectivity index (χ0n) is 20.8. The molecule has 2 atom stereocenters. The molecule has 190 valence electrons. The van der Waals surface area contributed by atoms with E-state index in [4.69, 9.17) is 9.47 Å². The first kappa shape index (κ1) is 25.7. The Morgan fingerprint density at radius 1 is 1.17 bits per heavy atom. The van der Waals surface area contributed by atoms with Gasteiger partial charge < -0.3 is 19.3 Å². The lowest BCUT2D eigenvalue weighted by atomic mass is 10.00. The van der Waals surface area contributed by atoms with Crippen molar-refractivity contribution in [3.8, 4) is 11.5 Å². The zero-order valence-corrected chi connectivity index (χ0v) is 21.6. The van der Waals surface area contributed by atoms with E-state index in [0.717, 1.165) is 12.0 Å². The molecule has 8 heteroatoms. The van der Waals surface area contributed by atoms with Gasteiger partial charge in [-0.05, 0) is 67.1 Å². The number of ether oxygens (including phenoxy) is 2. The van der Waals surface area contributed by atoms with Gasteiger partial charge >= 0.3 is 0 Å². The van der Waals surface area contributed by atoms with Crippen LogP contribution in [0.5, 0.6) is 11.5 Å². The fourth-order valence-electron chi connectivity index (χ4n) is 4.45. The van der Waals surface area contributed by atoms with Crippen molar-refractivity contribution in [2.75, 3.05) is 26.8 Å². The predicted molar refractivity (Wildman–Crippen MR) is 138 cm³/mol. The van der Waals surface area contributed by atoms with Crippen molar-refractivity contribution < 1.29 is 23.5 Å². The second-order valence-corrected chi connectivity index (χ2v) is 9.82. The predicted octanol–water partition coefficient (Wildman–Crippen LogP) is 5.34. The lowest BCUT2D eigenvalue weighted by Crippen LogP contribution is -2.49. The minimum Gasteiger partial charge on any atom is -0.493 e. The van der Waals surface area contributed by atoms with Crippen LogP contribution in [0.15, 0.2) is 60.0 Å². The quantitative estimate of drug-likeness (QED) is 0.390. The summed E-state index contributed by atoms with van der Waals surface area (Å²) in [6.07, 6.45) is 1.43. The SMILES string of the molecule is CC[C@H](C)N(CC(=O)N1CCc2sccc2[C@H]1COc1ccccc1OC)C(=O)c1cccc(F)c1. The Bertz CT molecular complexity index is 1210. The summed E-state index contributed by atoms with van der Waals surface area (Å²) in [5.74, 6) is 0.237. The van der Waals surface area contributed by atoms with Crippen molar-refractivity contribution in [3.05, 3.63) is 81.8 Å². The van der Waals surface area contributed by atoms with E-state index in [1.54, 1.807) is 34.3 Å². The first-order valence-corrected chi connectivity index (χ1v) is 13.0. The first-order chi connectivity index (χ1) is 17.4. The number of benzene rings is 2. The number of nitrogens with zero attached hydrogens (tertiary/aromatic N) is 2. The molecule has 36 heavy (non-hydrogen) atoms. The second-order valence-electron chi connectivity index (χ2n) is 8.81. The van der Waals surface area contributed by atoms with Crippen molar-refractivity contribution in [3.63, 3.8) is 0 Å². The van der Waals surface area contributed by atoms with Crippen molar-refractivity contribution >= 4 is 23.2 Å². The third-order valence-electron chi connectivity index (χ3n) is 6.64. The zero-order chi connectivity index (χ0) is 25.7. The maximum Gasteiger partial charge on any atom is 0.254 e. The van der Waals surface area contributed by atoms with E-state index in [1.165, 1.54) is 23.1 Å². The summed E-state index contributed by atoms with van der Waals surface area (Å²) in [5, 5.41) is 2.04. The minimum atomic E-state index is -0.481. The Morgan fingerprint density at radius 3 is 2.67 bits per heavy atom. The monoisotopic (exact) mass is 510 g/mol. The molecule has 1 aliphatic heterocycles. The van der Waals surface area contributed by atoms with Crippen LogP contribution in [0.4, 0.5) is 4.39 Å². The molecular weight excluding hydrogens is 479 g/mol. The molecule has 0 unspecified atom stereocenters. The second kappa shape index (κ2) is 11.6. The Hall–Kier alpha value is -3.39. The fraction of sp³-hybridized carbons (Fsp3) is 0.357. The Morgan fingerprint density at radius 2 is 1.94 bits per heavy atom. The number of para-hydroxylation sites is 2. The molecule has 2 heterocycles. The number of carbonyl (C=O) groups is 2. The molecule has 2 aromatic carbocycles. The Labute approximate surface area is 215 Å². The van der Waals surface area contributed by atoms with Gasteiger partial charge in [-0.3, -0.25) is 9.59 Å². The number of amides is 2. The van der Waals surface area contributed by atoms with Crippen LogP contribution in [0.1, 0.15) is 47.1 Å². The molecule has 0 radical (unpaired) electrons. The molecule has 0 N–H and O–H groups in total. The van der Waals surface area contributed by atoms with Crippen LogP contribution < -0.4 is 9.47 Å². The normalized spacial score (nSPS) is 15.7. The van der Waals surface area contributed by atoms with E-state index in [0.29, 0.717) is 24.5 Å². The summed E-state index contributed by atoms with van der Waals surface area (Å²) in [7, 11) is 1.59. The van der Waals surface area contributed by atoms with Gasteiger partial charge in [0.15, 0.2) is 11.5 Å². The average molecular weight is 511 g/mol. The maximum atomic E-state index is 13.8. The lowest BCUT2D eigenvalue weighted by molar-refractivity contribution is -0.136. The van der Waals surface area contributed by atoms with E-state index in [-0.39, 0.29) is 42.6 Å². The number of halogens is 1. The third-order valence-corrected chi connectivity index (χ3v) is 7.64. The van der Waals surface area contributed by atoms with Crippen LogP contribution in [0, 0.1) is 5.82 Å². The molecule has 0 fully saturated rings. The summed E-state index contributed by atoms with van der Waals surface area (Å²) in [5.41, 5.74) is 1.30. The molecular formula is C28H31FN2O4S. The van der Waals surface area contributed by atoms with Crippen molar-refractivity contribution in [2.45, 2.75) is 38.8 Å². The van der Waals surface area contributed by atoms with Crippen LogP contribution in [-0.2, 0) is 11.2 Å². The van der Waals surface area contributed by atoms with Crippen LogP contribution in [-0.4, -0.2) is 54.5 Å². The number of carbonyl (C=O) groups excluding carboxylic acids is 2. The number of thiophene rings is 1. The summed E-state index contributed by atoms with van der Waals surface area (Å²) in [4.78, 5) is 31.6. The molecule has 0 saturated heterocycles. The minimum absolute atomic E-state index is 0.0883. The standard InChI is InChI=1S/C28H31FN2O4S/c1-4-19(2)31(28(33)20-8-7-9-21(29)16-20)17-27(32)30-14-12-26-22(13-15-36-26)23(30)18-35-25-11-6-5-10-24(25)34-3/h5-11,13,15-16,19,23H,4,12,14,17-18H2,1-3H3/t19-,23+/m0/s1. The van der Waals surface area contributed by atoms with Gasteiger partial charge in [0.2, 0.25) is 5.91 Å². The van der Waals surface area contributed by atoms with Crippen LogP contribution in [0.2, 0.25) is 0 Å². The first-order valence-electron chi connectivity index (χ1n) is 12.1. The van der Waals surface area contributed by atoms with Gasteiger partial charge in [-0.25, -0.2) is 4.39 Å². The van der Waals surface area contributed by atoms with Crippen LogP contribution in [0.3, 0.4) is 0 Å². The fourth-order valence-corrected chi connectivity index (χ4v) is 5.38. The van der Waals surface area contributed by atoms with Gasteiger partial charge in [0.25, 0.3) is 5.91 Å². The van der Waals surface area contributed by atoms with Crippen LogP contribution in [0.25, 0.3) is 0 Å². The molecule has 6 nitrogen and oxygen atoms in total. The molecule has 1 aliphatic rings. The Balaban J connectivity index is 1.56. The summed E-state index contributed by atoms with van der Waals surface area (Å²) in [6, 6.07) is 14.6. The van der Waals surface area contributed by atoms with Gasteiger partial charge in [0.05, 0.1) is 13.2 Å². The van der Waals surface area contributed by atoms with Crippen molar-refractivity contribution in [1.82, 2.24) is 9.80 Å². The molecule has 0 bridgehead atoms. The smallest absolute Gasteiger partial charge is 0.254 e. The molecule has 3 aromatic rings. The highest BCUT2D eigenvalue weighted by molar-refractivity contribution is 7.10. The third kappa shape index (κ3) is 5.54. The highest BCUT2D eigenvalue weighted by Gasteiger charge is 2.34.